The van der Waals surface area contributed by atoms with Crippen molar-refractivity contribution in [3.8, 4) is 0 Å². The molecule has 0 bridgehead atoms. The monoisotopic (exact) mass is 226 g/mol. The second kappa shape index (κ2) is 4.87. The van der Waals surface area contributed by atoms with Crippen LogP contribution in [0.25, 0.3) is 0 Å². The van der Waals surface area contributed by atoms with Gasteiger partial charge >= 0.3 is 5.97 Å². The van der Waals surface area contributed by atoms with Crippen molar-refractivity contribution in [2.24, 2.45) is 0 Å². The van der Waals surface area contributed by atoms with E-state index in [0.29, 0.717) is 18.8 Å². The van der Waals surface area contributed by atoms with Gasteiger partial charge in [0.1, 0.15) is 5.82 Å². The summed E-state index contributed by atoms with van der Waals surface area (Å²) in [6.07, 6.45) is 0.696. The van der Waals surface area contributed by atoms with Gasteiger partial charge in [-0.25, -0.2) is 14.5 Å². The van der Waals surface area contributed by atoms with E-state index in [1.165, 1.54) is 0 Å². The molecule has 1 heterocycles. The number of nitrogens with zero attached hydrogens (tertiary/aromatic N) is 3. The van der Waals surface area contributed by atoms with Gasteiger partial charge in [0.25, 0.3) is 0 Å². The van der Waals surface area contributed by atoms with Gasteiger partial charge in [0.2, 0.25) is 0 Å². The number of carbonyl (C=O) groups is 1. The molecule has 0 aliphatic heterocycles. The van der Waals surface area contributed by atoms with E-state index in [1.807, 2.05) is 21.0 Å². The normalized spacial score (nSPS) is 10.2. The van der Waals surface area contributed by atoms with Gasteiger partial charge < -0.3 is 15.5 Å². The van der Waals surface area contributed by atoms with Gasteiger partial charge in [-0.2, -0.15) is 0 Å². The van der Waals surface area contributed by atoms with E-state index in [1.54, 1.807) is 16.6 Å². The first-order valence-electron chi connectivity index (χ1n) is 5.24. The highest BCUT2D eigenvalue weighted by Gasteiger charge is 2.21. The van der Waals surface area contributed by atoms with Gasteiger partial charge in [0, 0.05) is 20.5 Å². The predicted octanol–water partition coefficient (Wildman–Crippen LogP) is 0.402. The largest absolute Gasteiger partial charge is 0.461 e. The Morgan fingerprint density at radius 2 is 2.12 bits per heavy atom. The minimum Gasteiger partial charge on any atom is -0.461 e. The average molecular weight is 226 g/mol. The first-order valence-corrected chi connectivity index (χ1v) is 5.24. The number of rotatable bonds is 4. The number of nitrogens with two attached hydrogens (primary N) is 1. The van der Waals surface area contributed by atoms with Crippen LogP contribution in [0.15, 0.2) is 0 Å². The highest BCUT2D eigenvalue weighted by Crippen LogP contribution is 2.15. The minimum atomic E-state index is -0.477. The highest BCUT2D eigenvalue weighted by molar-refractivity contribution is 5.92. The van der Waals surface area contributed by atoms with E-state index in [-0.39, 0.29) is 5.69 Å². The maximum atomic E-state index is 11.6. The smallest absolute Gasteiger partial charge is 0.360 e. The number of anilines is 1. The van der Waals surface area contributed by atoms with Crippen LogP contribution < -0.4 is 10.7 Å². The average Bonchev–Trinajstić information content (AvgIpc) is 2.55. The fourth-order valence-corrected chi connectivity index (χ4v) is 1.50. The van der Waals surface area contributed by atoms with Gasteiger partial charge in [-0.15, -0.1) is 0 Å². The Bertz CT molecular complexity index is 384. The molecule has 1 aromatic rings. The van der Waals surface area contributed by atoms with Crippen LogP contribution in [0.4, 0.5) is 5.82 Å². The Labute approximate surface area is 95.0 Å². The summed E-state index contributed by atoms with van der Waals surface area (Å²) in [6, 6.07) is 0. The second-order valence-corrected chi connectivity index (χ2v) is 3.49. The number of hydrogen-bond donors (Lipinski definition) is 1. The highest BCUT2D eigenvalue weighted by atomic mass is 16.5. The number of carbonyl (C=O) groups excluding carboxylic acids is 1. The van der Waals surface area contributed by atoms with Gasteiger partial charge in [-0.1, -0.05) is 6.92 Å². The molecule has 90 valence electrons. The molecule has 0 atom stereocenters. The lowest BCUT2D eigenvalue weighted by atomic mass is 10.4. The Morgan fingerprint density at radius 1 is 1.50 bits per heavy atom. The van der Waals surface area contributed by atoms with E-state index in [2.05, 4.69) is 4.98 Å². The van der Waals surface area contributed by atoms with Gasteiger partial charge in [-0.05, 0) is 6.92 Å². The molecule has 0 amide bonds. The molecule has 0 saturated heterocycles. The molecule has 0 radical (unpaired) electrons. The van der Waals surface area contributed by atoms with Crippen LogP contribution in [-0.4, -0.2) is 36.3 Å². The third kappa shape index (κ3) is 2.10. The number of aryl methyl sites for hydroxylation is 1. The first kappa shape index (κ1) is 12.4. The topological polar surface area (TPSA) is 73.4 Å². The lowest BCUT2D eigenvalue weighted by molar-refractivity contribution is 0.0521. The maximum Gasteiger partial charge on any atom is 0.360 e. The van der Waals surface area contributed by atoms with Crippen LogP contribution in [0, 0.1) is 0 Å². The molecule has 1 rings (SSSR count). The number of ether oxygens (including phenoxy) is 1. The van der Waals surface area contributed by atoms with E-state index in [0.717, 1.165) is 5.82 Å². The number of nitrogen functional groups attached to an aromatic ring is 1. The third-order valence-corrected chi connectivity index (χ3v) is 2.14. The lowest BCUT2D eigenvalue weighted by Gasteiger charge is -2.17. The number of imidazole rings is 1. The molecule has 0 spiro atoms. The SMILES string of the molecule is CCOC(=O)c1nc(CC)n(N(C)C)c1N. The van der Waals surface area contributed by atoms with Crippen LogP contribution in [0.1, 0.15) is 30.2 Å². The molecule has 16 heavy (non-hydrogen) atoms. The van der Waals surface area contributed by atoms with Gasteiger partial charge in [0.15, 0.2) is 11.5 Å². The van der Waals surface area contributed by atoms with Crippen molar-refractivity contribution >= 4 is 11.8 Å². The van der Waals surface area contributed by atoms with Gasteiger partial charge in [-0.3, -0.25) is 0 Å². The summed E-state index contributed by atoms with van der Waals surface area (Å²) in [5.41, 5.74) is 6.06. The zero-order valence-electron chi connectivity index (χ0n) is 10.1. The summed E-state index contributed by atoms with van der Waals surface area (Å²) < 4.78 is 6.59. The molecule has 6 nitrogen and oxygen atoms in total. The zero-order valence-corrected chi connectivity index (χ0v) is 10.1. The molecule has 0 saturated carbocycles. The first-order chi connectivity index (χ1) is 7.52. The Hall–Kier alpha value is -1.72. The van der Waals surface area contributed by atoms with Crippen molar-refractivity contribution in [3.63, 3.8) is 0 Å². The summed E-state index contributed by atoms with van der Waals surface area (Å²) in [5.74, 6) is 0.584. The van der Waals surface area contributed by atoms with Crippen molar-refractivity contribution in [1.29, 1.82) is 0 Å². The number of esters is 1. The van der Waals surface area contributed by atoms with E-state index in [4.69, 9.17) is 10.5 Å². The minimum absolute atomic E-state index is 0.187. The van der Waals surface area contributed by atoms with Crippen LogP contribution >= 0.6 is 0 Å². The molecule has 2 N–H and O–H groups in total. The molecule has 0 aliphatic carbocycles. The number of hydrogen-bond acceptors (Lipinski definition) is 5. The van der Waals surface area contributed by atoms with Crippen LogP contribution in [0.3, 0.4) is 0 Å². The third-order valence-electron chi connectivity index (χ3n) is 2.14. The van der Waals surface area contributed by atoms with Crippen molar-refractivity contribution in [2.75, 3.05) is 31.4 Å². The van der Waals surface area contributed by atoms with E-state index < -0.39 is 5.97 Å². The second-order valence-electron chi connectivity index (χ2n) is 3.49. The fourth-order valence-electron chi connectivity index (χ4n) is 1.50. The number of aromatic nitrogens is 2. The summed E-state index contributed by atoms with van der Waals surface area (Å²) in [6.45, 7) is 4.02. The summed E-state index contributed by atoms with van der Waals surface area (Å²) in [4.78, 5) is 15.8. The van der Waals surface area contributed by atoms with Crippen molar-refractivity contribution in [3.05, 3.63) is 11.5 Å². The zero-order chi connectivity index (χ0) is 12.3. The van der Waals surface area contributed by atoms with Crippen LogP contribution in [-0.2, 0) is 11.2 Å². The van der Waals surface area contributed by atoms with Gasteiger partial charge in [0.05, 0.1) is 6.61 Å². The predicted molar refractivity (Wildman–Crippen MR) is 62.0 cm³/mol. The lowest BCUT2D eigenvalue weighted by Crippen LogP contribution is -2.28. The molecule has 6 heteroatoms. The summed E-state index contributed by atoms with van der Waals surface area (Å²) in [5, 5.41) is 1.78. The Kier molecular flexibility index (Phi) is 3.76. The molecule has 0 aromatic carbocycles. The van der Waals surface area contributed by atoms with Crippen molar-refractivity contribution < 1.29 is 9.53 Å². The van der Waals surface area contributed by atoms with Crippen LogP contribution in [0.2, 0.25) is 0 Å². The molecule has 0 unspecified atom stereocenters. The quantitative estimate of drug-likeness (QED) is 0.752. The van der Waals surface area contributed by atoms with Crippen molar-refractivity contribution in [1.82, 2.24) is 9.66 Å². The standard InChI is InChI=1S/C10H18N4O2/c1-5-7-12-8(10(15)16-6-2)9(11)14(7)13(3)4/h5-6,11H2,1-4H3. The Balaban J connectivity index is 3.17. The molecular weight excluding hydrogens is 208 g/mol. The van der Waals surface area contributed by atoms with E-state index in [9.17, 15) is 4.79 Å². The van der Waals surface area contributed by atoms with E-state index >= 15 is 0 Å². The van der Waals surface area contributed by atoms with Crippen molar-refractivity contribution in [2.45, 2.75) is 20.3 Å². The Morgan fingerprint density at radius 3 is 2.50 bits per heavy atom. The van der Waals surface area contributed by atoms with Crippen LogP contribution in [0.5, 0.6) is 0 Å². The fraction of sp³-hybridized carbons (Fsp3) is 0.600. The summed E-state index contributed by atoms with van der Waals surface area (Å²) >= 11 is 0. The maximum absolute atomic E-state index is 11.6. The molecule has 0 fully saturated rings. The molecule has 1 aromatic heterocycles. The summed E-state index contributed by atoms with van der Waals surface area (Å²) in [7, 11) is 3.68. The molecule has 0 aliphatic rings. The molecular formula is C10H18N4O2.